The first-order chi connectivity index (χ1) is 17.2. The molecule has 2 N–H and O–H groups in total. The number of anilines is 2. The second-order valence-corrected chi connectivity index (χ2v) is 8.76. The first-order valence-electron chi connectivity index (χ1n) is 11.7. The number of nitrogens with one attached hydrogen (secondary N) is 2. The van der Waals surface area contributed by atoms with E-state index in [4.69, 9.17) is 9.72 Å². The van der Waals surface area contributed by atoms with E-state index in [2.05, 4.69) is 20.3 Å². The van der Waals surface area contributed by atoms with E-state index < -0.39 is 0 Å². The minimum atomic E-state index is -0.226. The molecule has 0 aliphatic carbocycles. The Morgan fingerprint density at radius 2 is 1.74 bits per heavy atom. The van der Waals surface area contributed by atoms with Crippen LogP contribution in [0.15, 0.2) is 65.6 Å². The van der Waals surface area contributed by atoms with Crippen LogP contribution in [0.25, 0.3) is 16.7 Å². The van der Waals surface area contributed by atoms with E-state index in [1.807, 2.05) is 54.6 Å². The predicted octanol–water partition coefficient (Wildman–Crippen LogP) is 2.58. The number of rotatable bonds is 4. The first kappa shape index (κ1) is 21.4. The van der Waals surface area contributed by atoms with Gasteiger partial charge in [0.15, 0.2) is 5.65 Å². The Balaban J connectivity index is 1.12. The Labute approximate surface area is 201 Å². The van der Waals surface area contributed by atoms with E-state index in [9.17, 15) is 9.59 Å². The van der Waals surface area contributed by atoms with Crippen LogP contribution in [0.2, 0.25) is 0 Å². The molecular formula is C25H25N7O3. The molecule has 2 saturated heterocycles. The summed E-state index contributed by atoms with van der Waals surface area (Å²) in [5.41, 5.74) is 2.99. The van der Waals surface area contributed by atoms with Gasteiger partial charge in [0.2, 0.25) is 0 Å². The topological polar surface area (TPSA) is 108 Å². The zero-order valence-electron chi connectivity index (χ0n) is 19.1. The van der Waals surface area contributed by atoms with Crippen LogP contribution in [0.1, 0.15) is 11.7 Å². The predicted molar refractivity (Wildman–Crippen MR) is 132 cm³/mol. The summed E-state index contributed by atoms with van der Waals surface area (Å²) in [5, 5.41) is 7.73. The Morgan fingerprint density at radius 3 is 2.49 bits per heavy atom. The molecule has 178 valence electrons. The number of benzene rings is 2. The van der Waals surface area contributed by atoms with Crippen molar-refractivity contribution in [3.63, 3.8) is 0 Å². The molecule has 0 atom stereocenters. The monoisotopic (exact) mass is 471 g/mol. The average molecular weight is 472 g/mol. The van der Waals surface area contributed by atoms with Gasteiger partial charge in [0.05, 0.1) is 31.0 Å². The number of amides is 2. The maximum Gasteiger partial charge on any atom is 0.321 e. The zero-order valence-corrected chi connectivity index (χ0v) is 19.1. The van der Waals surface area contributed by atoms with Gasteiger partial charge in [-0.1, -0.05) is 18.2 Å². The normalized spacial score (nSPS) is 16.3. The van der Waals surface area contributed by atoms with Crippen molar-refractivity contribution in [3.05, 3.63) is 77.0 Å². The van der Waals surface area contributed by atoms with E-state index in [0.29, 0.717) is 29.9 Å². The lowest BCUT2D eigenvalue weighted by Crippen LogP contribution is -2.51. The second kappa shape index (κ2) is 8.88. The number of ether oxygens (including phenoxy) is 1. The molecule has 0 bridgehead atoms. The SMILES string of the molecule is O=C(Nc1ccc(N2CCOCC2)cc1)N1CC(c2nc3c(cnn3-c3ccccc3)c(=O)[nH]2)C1. The van der Waals surface area contributed by atoms with Crippen molar-refractivity contribution >= 4 is 28.4 Å². The fraction of sp³-hybridized carbons (Fsp3) is 0.280. The van der Waals surface area contributed by atoms with Crippen LogP contribution in [-0.2, 0) is 4.74 Å². The number of para-hydroxylation sites is 1. The standard InChI is InChI=1S/C25H25N7O3/c33-24-21-14-26-32(20-4-2-1-3-5-20)23(21)28-22(29-24)17-15-31(16-17)25(34)27-18-6-8-19(9-7-18)30-10-12-35-13-11-30/h1-9,14,17H,10-13,15-16H2,(H,27,34)(H,28,29,33). The van der Waals surface area contributed by atoms with Gasteiger partial charge in [0, 0.05) is 37.6 Å². The molecule has 0 radical (unpaired) electrons. The van der Waals surface area contributed by atoms with Crippen molar-refractivity contribution < 1.29 is 9.53 Å². The molecule has 35 heavy (non-hydrogen) atoms. The van der Waals surface area contributed by atoms with Crippen LogP contribution in [0, 0.1) is 0 Å². The Morgan fingerprint density at radius 1 is 1.00 bits per heavy atom. The summed E-state index contributed by atoms with van der Waals surface area (Å²) in [7, 11) is 0. The van der Waals surface area contributed by atoms with Gasteiger partial charge in [-0.15, -0.1) is 0 Å². The number of hydrogen-bond acceptors (Lipinski definition) is 6. The van der Waals surface area contributed by atoms with Crippen molar-refractivity contribution in [3.8, 4) is 5.69 Å². The number of carbonyl (C=O) groups excluding carboxylic acids is 1. The Kier molecular flexibility index (Phi) is 5.42. The number of aromatic amines is 1. The number of nitrogens with zero attached hydrogens (tertiary/aromatic N) is 5. The minimum absolute atomic E-state index is 0.0410. The number of aromatic nitrogens is 4. The molecule has 2 aromatic carbocycles. The highest BCUT2D eigenvalue weighted by Gasteiger charge is 2.34. The number of H-pyrrole nitrogens is 1. The molecule has 4 aromatic rings. The molecule has 10 nitrogen and oxygen atoms in total. The summed E-state index contributed by atoms with van der Waals surface area (Å²) in [6.07, 6.45) is 1.53. The van der Waals surface area contributed by atoms with E-state index >= 15 is 0 Å². The van der Waals surface area contributed by atoms with Crippen molar-refractivity contribution in [1.29, 1.82) is 0 Å². The molecule has 2 aliphatic rings. The molecule has 0 spiro atoms. The highest BCUT2D eigenvalue weighted by Crippen LogP contribution is 2.26. The van der Waals surface area contributed by atoms with Gasteiger partial charge in [-0.05, 0) is 36.4 Å². The quantitative estimate of drug-likeness (QED) is 0.474. The van der Waals surface area contributed by atoms with Crippen molar-refractivity contribution in [2.45, 2.75) is 5.92 Å². The third kappa shape index (κ3) is 4.12. The van der Waals surface area contributed by atoms with Crippen LogP contribution >= 0.6 is 0 Å². The smallest absolute Gasteiger partial charge is 0.321 e. The van der Waals surface area contributed by atoms with Crippen LogP contribution in [0.3, 0.4) is 0 Å². The van der Waals surface area contributed by atoms with Gasteiger partial charge >= 0.3 is 6.03 Å². The molecule has 6 rings (SSSR count). The van der Waals surface area contributed by atoms with Crippen molar-refractivity contribution in [2.75, 3.05) is 49.6 Å². The number of carbonyl (C=O) groups is 1. The lowest BCUT2D eigenvalue weighted by molar-refractivity contribution is 0.122. The van der Waals surface area contributed by atoms with E-state index in [1.165, 1.54) is 6.20 Å². The highest BCUT2D eigenvalue weighted by molar-refractivity contribution is 5.90. The maximum atomic E-state index is 12.7. The van der Waals surface area contributed by atoms with Crippen molar-refractivity contribution in [2.24, 2.45) is 0 Å². The fourth-order valence-electron chi connectivity index (χ4n) is 4.48. The number of likely N-dealkylation sites (tertiary alicyclic amines) is 1. The Hall–Kier alpha value is -4.18. The zero-order chi connectivity index (χ0) is 23.8. The van der Waals surface area contributed by atoms with Crippen LogP contribution < -0.4 is 15.8 Å². The minimum Gasteiger partial charge on any atom is -0.378 e. The summed E-state index contributed by atoms with van der Waals surface area (Å²) in [6, 6.07) is 17.3. The molecule has 10 heteroatoms. The number of morpholine rings is 1. The number of hydrogen-bond donors (Lipinski definition) is 2. The van der Waals surface area contributed by atoms with Crippen LogP contribution in [-0.4, -0.2) is 70.1 Å². The molecule has 4 heterocycles. The first-order valence-corrected chi connectivity index (χ1v) is 11.7. The number of fused-ring (bicyclic) bond motifs is 1. The van der Waals surface area contributed by atoms with Gasteiger partial charge in [0.25, 0.3) is 5.56 Å². The summed E-state index contributed by atoms with van der Waals surface area (Å²) >= 11 is 0. The van der Waals surface area contributed by atoms with Crippen LogP contribution in [0.4, 0.5) is 16.2 Å². The summed E-state index contributed by atoms with van der Waals surface area (Å²) in [5.74, 6) is 0.528. The van der Waals surface area contributed by atoms with Gasteiger partial charge in [-0.25, -0.2) is 14.5 Å². The lowest BCUT2D eigenvalue weighted by Gasteiger charge is -2.38. The Bertz CT molecular complexity index is 1400. The van der Waals surface area contributed by atoms with Gasteiger partial charge in [0.1, 0.15) is 11.2 Å². The number of urea groups is 1. The third-order valence-corrected chi connectivity index (χ3v) is 6.51. The summed E-state index contributed by atoms with van der Waals surface area (Å²) in [6.45, 7) is 4.16. The molecule has 0 unspecified atom stereocenters. The molecule has 0 saturated carbocycles. The third-order valence-electron chi connectivity index (χ3n) is 6.51. The fourth-order valence-corrected chi connectivity index (χ4v) is 4.48. The molecular weight excluding hydrogens is 446 g/mol. The molecule has 2 amide bonds. The van der Waals surface area contributed by atoms with E-state index in [1.54, 1.807) is 9.58 Å². The van der Waals surface area contributed by atoms with E-state index in [0.717, 1.165) is 43.4 Å². The van der Waals surface area contributed by atoms with Crippen molar-refractivity contribution in [1.82, 2.24) is 24.6 Å². The summed E-state index contributed by atoms with van der Waals surface area (Å²) < 4.78 is 7.06. The second-order valence-electron chi connectivity index (χ2n) is 8.76. The molecule has 2 fully saturated rings. The average Bonchev–Trinajstić information content (AvgIpc) is 3.29. The maximum absolute atomic E-state index is 12.7. The van der Waals surface area contributed by atoms with Crippen LogP contribution in [0.5, 0.6) is 0 Å². The van der Waals surface area contributed by atoms with Gasteiger partial charge in [-0.3, -0.25) is 4.79 Å². The molecule has 2 aromatic heterocycles. The summed E-state index contributed by atoms with van der Waals surface area (Å²) in [4.78, 5) is 36.9. The lowest BCUT2D eigenvalue weighted by atomic mass is 10.00. The van der Waals surface area contributed by atoms with Gasteiger partial charge in [-0.2, -0.15) is 5.10 Å². The molecule has 2 aliphatic heterocycles. The van der Waals surface area contributed by atoms with E-state index in [-0.39, 0.29) is 17.5 Å². The largest absolute Gasteiger partial charge is 0.378 e. The highest BCUT2D eigenvalue weighted by atomic mass is 16.5. The van der Waals surface area contributed by atoms with Gasteiger partial charge < -0.3 is 24.8 Å².